The summed E-state index contributed by atoms with van der Waals surface area (Å²) in [4.78, 5) is 16.1. The van der Waals surface area contributed by atoms with Gasteiger partial charge in [0.05, 0.1) is 5.69 Å². The van der Waals surface area contributed by atoms with Gasteiger partial charge in [-0.15, -0.1) is 0 Å². The molecule has 0 spiro atoms. The van der Waals surface area contributed by atoms with Crippen LogP contribution < -0.4 is 5.56 Å². The molecule has 5 heteroatoms. The molecule has 0 amide bonds. The first-order chi connectivity index (χ1) is 9.60. The van der Waals surface area contributed by atoms with Gasteiger partial charge >= 0.3 is 0 Å². The Labute approximate surface area is 130 Å². The van der Waals surface area contributed by atoms with Crippen molar-refractivity contribution in [3.8, 4) is 11.1 Å². The van der Waals surface area contributed by atoms with Crippen molar-refractivity contribution in [2.24, 2.45) is 7.05 Å². The van der Waals surface area contributed by atoms with Crippen LogP contribution in [0, 0.1) is 6.92 Å². The highest BCUT2D eigenvalue weighted by Crippen LogP contribution is 2.21. The van der Waals surface area contributed by atoms with Crippen LogP contribution in [0.2, 0.25) is 0 Å². The van der Waals surface area contributed by atoms with E-state index in [-0.39, 0.29) is 5.56 Å². The van der Waals surface area contributed by atoms with Gasteiger partial charge in [-0.3, -0.25) is 4.79 Å². The van der Waals surface area contributed by atoms with E-state index in [4.69, 9.17) is 0 Å². The van der Waals surface area contributed by atoms with Gasteiger partial charge in [0.1, 0.15) is 5.65 Å². The van der Waals surface area contributed by atoms with Crippen LogP contribution in [0.15, 0.2) is 41.6 Å². The van der Waals surface area contributed by atoms with Crippen molar-refractivity contribution in [1.82, 2.24) is 14.0 Å². The maximum absolute atomic E-state index is 11.8. The molecule has 0 saturated carbocycles. The van der Waals surface area contributed by atoms with E-state index in [9.17, 15) is 4.79 Å². The molecule has 0 aromatic carbocycles. The maximum Gasteiger partial charge on any atom is 0.253 e. The average Bonchev–Trinajstić information content (AvgIpc) is 2.86. The molecule has 4 nitrogen and oxygen atoms in total. The van der Waals surface area contributed by atoms with Crippen LogP contribution in [-0.4, -0.2) is 14.0 Å². The fourth-order valence-electron chi connectivity index (χ4n) is 2.34. The van der Waals surface area contributed by atoms with Gasteiger partial charge in [0.25, 0.3) is 5.56 Å². The third kappa shape index (κ3) is 2.15. The highest BCUT2D eigenvalue weighted by Gasteiger charge is 2.06. The normalized spacial score (nSPS) is 11.2. The maximum atomic E-state index is 11.8. The van der Waals surface area contributed by atoms with Gasteiger partial charge in [0.2, 0.25) is 0 Å². The number of hydrogen-bond acceptors (Lipinski definition) is 2. The smallest absolute Gasteiger partial charge is 0.253 e. The summed E-state index contributed by atoms with van der Waals surface area (Å²) < 4.78 is 4.64. The van der Waals surface area contributed by atoms with E-state index >= 15 is 0 Å². The van der Waals surface area contributed by atoms with Crippen molar-refractivity contribution >= 4 is 28.2 Å². The summed E-state index contributed by atoms with van der Waals surface area (Å²) in [5.74, 6) is 0. The summed E-state index contributed by atoms with van der Waals surface area (Å²) >= 11 is 2.33. The lowest BCUT2D eigenvalue weighted by atomic mass is 10.1. The molecular weight excluding hydrogens is 365 g/mol. The van der Waals surface area contributed by atoms with E-state index in [1.165, 1.54) is 5.69 Å². The van der Waals surface area contributed by atoms with Crippen LogP contribution in [0.4, 0.5) is 0 Å². The molecule has 0 aliphatic heterocycles. The monoisotopic (exact) mass is 379 g/mol. The van der Waals surface area contributed by atoms with Gasteiger partial charge in [0, 0.05) is 35.6 Å². The third-order valence-electron chi connectivity index (χ3n) is 3.41. The van der Waals surface area contributed by atoms with E-state index in [1.54, 1.807) is 11.6 Å². The molecule has 0 fully saturated rings. The standard InChI is InChI=1S/C15H14IN3O/c1-10-5-12(8-18(2)15(10)20)11-3-4-14-17-7-13(6-16)19(14)9-11/h3-5,7-9H,6H2,1-2H3. The minimum Gasteiger partial charge on any atom is -0.318 e. The van der Waals surface area contributed by atoms with Crippen LogP contribution in [0.5, 0.6) is 0 Å². The second kappa shape index (κ2) is 5.05. The van der Waals surface area contributed by atoms with Gasteiger partial charge in [-0.05, 0) is 36.2 Å². The van der Waals surface area contributed by atoms with Crippen molar-refractivity contribution < 1.29 is 0 Å². The average molecular weight is 379 g/mol. The van der Waals surface area contributed by atoms with Crippen molar-refractivity contribution in [2.75, 3.05) is 0 Å². The molecule has 0 N–H and O–H groups in total. The van der Waals surface area contributed by atoms with E-state index in [2.05, 4.69) is 38.2 Å². The predicted molar refractivity (Wildman–Crippen MR) is 88.3 cm³/mol. The summed E-state index contributed by atoms with van der Waals surface area (Å²) in [6.07, 6.45) is 5.85. The third-order valence-corrected chi connectivity index (χ3v) is 4.20. The Morgan fingerprint density at radius 3 is 2.75 bits per heavy atom. The second-order valence-electron chi connectivity index (χ2n) is 4.86. The fraction of sp³-hybridized carbons (Fsp3) is 0.200. The summed E-state index contributed by atoms with van der Waals surface area (Å²) in [6.45, 7) is 1.85. The molecule has 0 unspecified atom stereocenters. The minimum atomic E-state index is 0.0467. The zero-order valence-corrected chi connectivity index (χ0v) is 13.5. The number of aryl methyl sites for hydroxylation is 2. The summed E-state index contributed by atoms with van der Waals surface area (Å²) in [7, 11) is 1.78. The molecule has 0 saturated heterocycles. The van der Waals surface area contributed by atoms with Crippen LogP contribution >= 0.6 is 22.6 Å². The quantitative estimate of drug-likeness (QED) is 0.508. The Morgan fingerprint density at radius 2 is 2.05 bits per heavy atom. The number of alkyl halides is 1. The first kappa shape index (κ1) is 13.4. The van der Waals surface area contributed by atoms with Crippen LogP contribution in [0.25, 0.3) is 16.8 Å². The summed E-state index contributed by atoms with van der Waals surface area (Å²) in [6, 6.07) is 5.98. The molecule has 0 radical (unpaired) electrons. The van der Waals surface area contributed by atoms with Gasteiger partial charge in [0.15, 0.2) is 0 Å². The SMILES string of the molecule is Cc1cc(-c2ccc3ncc(CI)n3c2)cn(C)c1=O. The molecule has 20 heavy (non-hydrogen) atoms. The number of hydrogen-bond donors (Lipinski definition) is 0. The number of fused-ring (bicyclic) bond motifs is 1. The number of aromatic nitrogens is 3. The largest absolute Gasteiger partial charge is 0.318 e. The Balaban J connectivity index is 2.21. The van der Waals surface area contributed by atoms with Crippen LogP contribution in [0.3, 0.4) is 0 Å². The topological polar surface area (TPSA) is 39.3 Å². The van der Waals surface area contributed by atoms with Crippen molar-refractivity contribution in [1.29, 1.82) is 0 Å². The van der Waals surface area contributed by atoms with Gasteiger partial charge in [-0.1, -0.05) is 22.6 Å². The van der Waals surface area contributed by atoms with E-state index in [0.717, 1.165) is 26.8 Å². The molecule has 3 heterocycles. The number of nitrogens with zero attached hydrogens (tertiary/aromatic N) is 3. The molecule has 0 aliphatic rings. The lowest BCUT2D eigenvalue weighted by Crippen LogP contribution is -2.18. The van der Waals surface area contributed by atoms with Gasteiger partial charge < -0.3 is 8.97 Å². The van der Waals surface area contributed by atoms with E-state index in [0.29, 0.717) is 0 Å². The Hall–Kier alpha value is -1.63. The number of imidazole rings is 1. The highest BCUT2D eigenvalue weighted by atomic mass is 127. The molecule has 3 aromatic heterocycles. The highest BCUT2D eigenvalue weighted by molar-refractivity contribution is 14.1. The molecular formula is C15H14IN3O. The van der Waals surface area contributed by atoms with Crippen molar-refractivity contribution in [3.63, 3.8) is 0 Å². The number of pyridine rings is 2. The van der Waals surface area contributed by atoms with Crippen LogP contribution in [0.1, 0.15) is 11.3 Å². The van der Waals surface area contributed by atoms with E-state index < -0.39 is 0 Å². The lowest BCUT2D eigenvalue weighted by molar-refractivity contribution is 0.850. The zero-order chi connectivity index (χ0) is 14.3. The predicted octanol–water partition coefficient (Wildman–Crippen LogP) is 2.94. The summed E-state index contributed by atoms with van der Waals surface area (Å²) in [5.41, 5.74) is 5.04. The van der Waals surface area contributed by atoms with Gasteiger partial charge in [-0.25, -0.2) is 4.98 Å². The molecule has 3 aromatic rings. The Bertz CT molecular complexity index is 822. The number of halogens is 1. The summed E-state index contributed by atoms with van der Waals surface area (Å²) in [5, 5.41) is 0. The Morgan fingerprint density at radius 1 is 1.25 bits per heavy atom. The molecule has 0 bridgehead atoms. The molecule has 3 rings (SSSR count). The first-order valence-corrected chi connectivity index (χ1v) is 7.82. The molecule has 0 aliphatic carbocycles. The minimum absolute atomic E-state index is 0.0467. The second-order valence-corrected chi connectivity index (χ2v) is 5.62. The number of rotatable bonds is 2. The lowest BCUT2D eigenvalue weighted by Gasteiger charge is -2.07. The fourth-order valence-corrected chi connectivity index (χ4v) is 2.90. The van der Waals surface area contributed by atoms with Crippen LogP contribution in [-0.2, 0) is 11.5 Å². The molecule has 0 atom stereocenters. The first-order valence-electron chi connectivity index (χ1n) is 6.30. The zero-order valence-electron chi connectivity index (χ0n) is 11.3. The van der Waals surface area contributed by atoms with Crippen molar-refractivity contribution in [3.05, 3.63) is 58.4 Å². The van der Waals surface area contributed by atoms with E-state index in [1.807, 2.05) is 37.5 Å². The van der Waals surface area contributed by atoms with Gasteiger partial charge in [-0.2, -0.15) is 0 Å². The molecule has 102 valence electrons. The van der Waals surface area contributed by atoms with Crippen molar-refractivity contribution in [2.45, 2.75) is 11.4 Å². The Kier molecular flexibility index (Phi) is 3.37.